The molecule has 2 aliphatic rings. The van der Waals surface area contributed by atoms with Crippen LogP contribution >= 0.6 is 0 Å². The first kappa shape index (κ1) is 31.7. The molecule has 216 valence electrons. The Morgan fingerprint density at radius 1 is 0.949 bits per heavy atom. The maximum Gasteiger partial charge on any atom is 0.490 e. The van der Waals surface area contributed by atoms with Crippen molar-refractivity contribution in [2.75, 3.05) is 37.7 Å². The summed E-state index contributed by atoms with van der Waals surface area (Å²) in [7, 11) is 0. The van der Waals surface area contributed by atoms with Crippen LogP contribution in [0.25, 0.3) is 0 Å². The van der Waals surface area contributed by atoms with Gasteiger partial charge in [-0.3, -0.25) is 9.88 Å². The van der Waals surface area contributed by atoms with E-state index in [1.54, 1.807) is 12.4 Å². The van der Waals surface area contributed by atoms with Gasteiger partial charge in [-0.25, -0.2) is 19.0 Å². The number of rotatable bonds is 3. The van der Waals surface area contributed by atoms with Crippen LogP contribution in [0, 0.1) is 5.82 Å². The molecule has 2 aliphatic heterocycles. The van der Waals surface area contributed by atoms with E-state index in [9.17, 15) is 30.7 Å². The summed E-state index contributed by atoms with van der Waals surface area (Å²) in [5, 5.41) is 14.2. The zero-order valence-electron chi connectivity index (χ0n) is 20.3. The van der Waals surface area contributed by atoms with Crippen molar-refractivity contribution in [3.05, 3.63) is 54.2 Å². The number of hydrogen-bond acceptors (Lipinski definition) is 7. The van der Waals surface area contributed by atoms with Gasteiger partial charge in [-0.2, -0.15) is 26.3 Å². The number of piperidine rings is 1. The quantitative estimate of drug-likeness (QED) is 0.533. The molecule has 0 aliphatic carbocycles. The first-order valence-corrected chi connectivity index (χ1v) is 11.3. The summed E-state index contributed by atoms with van der Waals surface area (Å²) < 4.78 is 82.8. The number of hydrogen-bond donors (Lipinski definition) is 2. The molecule has 16 heteroatoms. The van der Waals surface area contributed by atoms with Crippen LogP contribution in [0.3, 0.4) is 0 Å². The number of anilines is 1. The van der Waals surface area contributed by atoms with Gasteiger partial charge in [-0.05, 0) is 30.5 Å². The molecule has 1 unspecified atom stereocenters. The van der Waals surface area contributed by atoms with Crippen molar-refractivity contribution in [1.29, 1.82) is 0 Å². The molecule has 1 aromatic carbocycles. The van der Waals surface area contributed by atoms with E-state index in [2.05, 4.69) is 19.8 Å². The number of morpholine rings is 1. The third kappa shape index (κ3) is 10.6. The average molecular weight is 570 g/mol. The average Bonchev–Trinajstić information content (AvgIpc) is 2.86. The summed E-state index contributed by atoms with van der Waals surface area (Å²) in [6.45, 7) is 5.19. The fraction of sp³-hybridized carbons (Fsp3) is 0.478. The molecular weight excluding hydrogens is 545 g/mol. The van der Waals surface area contributed by atoms with Gasteiger partial charge in [0.05, 0.1) is 18.4 Å². The van der Waals surface area contributed by atoms with Crippen LogP contribution in [0.1, 0.15) is 18.4 Å². The third-order valence-electron chi connectivity index (χ3n) is 5.54. The lowest BCUT2D eigenvalue weighted by atomic mass is 9.90. The van der Waals surface area contributed by atoms with Crippen LogP contribution < -0.4 is 4.90 Å². The number of alkyl halides is 6. The topological polar surface area (TPSA) is 116 Å². The second kappa shape index (κ2) is 13.5. The fourth-order valence-electron chi connectivity index (χ4n) is 3.90. The summed E-state index contributed by atoms with van der Waals surface area (Å²) in [6.07, 6.45) is -2.77. The molecule has 2 saturated heterocycles. The van der Waals surface area contributed by atoms with Gasteiger partial charge in [0.1, 0.15) is 11.6 Å². The van der Waals surface area contributed by atoms with Crippen LogP contribution in [0.15, 0.2) is 42.9 Å². The van der Waals surface area contributed by atoms with Crippen LogP contribution in [-0.4, -0.2) is 87.8 Å². The standard InChI is InChI=1S/C19H23FN4O.2C2HF3O2/c20-17-4-2-16(3-5-17)13-23-10-11-25-19(14-23)6-1-9-24(15-19)18-12-21-7-8-22-18;2*3-2(4,5)1(6)7/h2-5,7-8,12H,1,6,9-11,13-15H2;2*(H,6,7). The van der Waals surface area contributed by atoms with Crippen molar-refractivity contribution in [1.82, 2.24) is 14.9 Å². The number of ether oxygens (including phenoxy) is 1. The molecule has 2 aromatic rings. The van der Waals surface area contributed by atoms with Gasteiger partial charge >= 0.3 is 24.3 Å². The second-order valence-electron chi connectivity index (χ2n) is 8.56. The predicted octanol–water partition coefficient (Wildman–Crippen LogP) is 3.75. The smallest absolute Gasteiger partial charge is 0.475 e. The summed E-state index contributed by atoms with van der Waals surface area (Å²) in [5.74, 6) is -4.78. The largest absolute Gasteiger partial charge is 0.490 e. The Morgan fingerprint density at radius 3 is 2.05 bits per heavy atom. The second-order valence-corrected chi connectivity index (χ2v) is 8.56. The van der Waals surface area contributed by atoms with E-state index >= 15 is 0 Å². The van der Waals surface area contributed by atoms with Gasteiger partial charge < -0.3 is 19.8 Å². The summed E-state index contributed by atoms with van der Waals surface area (Å²) >= 11 is 0. The number of aromatic nitrogens is 2. The Hall–Kier alpha value is -3.53. The van der Waals surface area contributed by atoms with Crippen molar-refractivity contribution >= 4 is 17.8 Å². The Balaban J connectivity index is 0.000000317. The third-order valence-corrected chi connectivity index (χ3v) is 5.54. The van der Waals surface area contributed by atoms with Crippen LogP contribution in [0.4, 0.5) is 36.6 Å². The lowest BCUT2D eigenvalue weighted by molar-refractivity contribution is -0.193. The van der Waals surface area contributed by atoms with Crippen LogP contribution in [0.5, 0.6) is 0 Å². The van der Waals surface area contributed by atoms with Crippen LogP contribution in [-0.2, 0) is 20.9 Å². The molecule has 2 fully saturated rings. The minimum Gasteiger partial charge on any atom is -0.475 e. The van der Waals surface area contributed by atoms with E-state index in [0.717, 1.165) is 63.6 Å². The van der Waals surface area contributed by atoms with Crippen molar-refractivity contribution in [2.45, 2.75) is 37.3 Å². The highest BCUT2D eigenvalue weighted by Gasteiger charge is 2.41. The van der Waals surface area contributed by atoms with Crippen molar-refractivity contribution in [2.24, 2.45) is 0 Å². The van der Waals surface area contributed by atoms with Gasteiger partial charge in [-0.15, -0.1) is 0 Å². The Kier molecular flexibility index (Phi) is 11.0. The number of carboxylic acid groups (broad SMARTS) is 2. The molecular formula is C23H25F7N4O5. The maximum absolute atomic E-state index is 13.1. The summed E-state index contributed by atoms with van der Waals surface area (Å²) in [5.41, 5.74) is 0.980. The highest BCUT2D eigenvalue weighted by atomic mass is 19.4. The van der Waals surface area contributed by atoms with E-state index in [4.69, 9.17) is 24.5 Å². The maximum atomic E-state index is 13.1. The van der Waals surface area contributed by atoms with E-state index in [1.165, 1.54) is 12.1 Å². The number of benzene rings is 1. The minimum absolute atomic E-state index is 0.159. The molecule has 0 saturated carbocycles. The fourth-order valence-corrected chi connectivity index (χ4v) is 3.90. The number of aliphatic carboxylic acids is 2. The molecule has 9 nitrogen and oxygen atoms in total. The molecule has 2 N–H and O–H groups in total. The van der Waals surface area contributed by atoms with Crippen molar-refractivity contribution in [3.8, 4) is 0 Å². The van der Waals surface area contributed by atoms with Gasteiger partial charge in [-0.1, -0.05) is 12.1 Å². The first-order chi connectivity index (χ1) is 18.1. The number of carbonyl (C=O) groups is 2. The SMILES string of the molecule is Fc1ccc(CN2CCOC3(CCCN(c4cnccn4)C3)C2)cc1.O=C(O)C(F)(F)F.O=C(O)C(F)(F)F. The van der Waals surface area contributed by atoms with Gasteiger partial charge in [0.2, 0.25) is 0 Å². The molecule has 0 amide bonds. The summed E-state index contributed by atoms with van der Waals surface area (Å²) in [6, 6.07) is 6.79. The predicted molar refractivity (Wildman–Crippen MR) is 121 cm³/mol. The van der Waals surface area contributed by atoms with Crippen LogP contribution in [0.2, 0.25) is 0 Å². The Bertz CT molecular complexity index is 1040. The summed E-state index contributed by atoms with van der Waals surface area (Å²) in [4.78, 5) is 31.1. The van der Waals surface area contributed by atoms with E-state index in [-0.39, 0.29) is 11.4 Å². The molecule has 39 heavy (non-hydrogen) atoms. The van der Waals surface area contributed by atoms with Crippen molar-refractivity contribution in [3.63, 3.8) is 0 Å². The van der Waals surface area contributed by atoms with E-state index in [0.29, 0.717) is 0 Å². The highest BCUT2D eigenvalue weighted by molar-refractivity contribution is 5.73. The minimum atomic E-state index is -5.08. The Morgan fingerprint density at radius 2 is 1.54 bits per heavy atom. The number of halogens is 7. The molecule has 1 aromatic heterocycles. The monoisotopic (exact) mass is 570 g/mol. The molecule has 3 heterocycles. The van der Waals surface area contributed by atoms with Crippen molar-refractivity contribution < 1.29 is 55.3 Å². The first-order valence-electron chi connectivity index (χ1n) is 11.3. The molecule has 4 rings (SSSR count). The lowest BCUT2D eigenvalue weighted by Gasteiger charge is -2.48. The lowest BCUT2D eigenvalue weighted by Crippen LogP contribution is -2.59. The van der Waals surface area contributed by atoms with Gasteiger partial charge in [0.25, 0.3) is 0 Å². The van der Waals surface area contributed by atoms with Gasteiger partial charge in [0, 0.05) is 45.1 Å². The Labute approximate surface area is 217 Å². The number of nitrogens with zero attached hydrogens (tertiary/aromatic N) is 4. The van der Waals surface area contributed by atoms with E-state index < -0.39 is 24.3 Å². The normalized spacial score (nSPS) is 19.8. The zero-order valence-corrected chi connectivity index (χ0v) is 20.3. The molecule has 0 radical (unpaired) electrons. The zero-order chi connectivity index (χ0) is 29.3. The molecule has 1 atom stereocenters. The van der Waals surface area contributed by atoms with E-state index in [1.807, 2.05) is 18.3 Å². The molecule has 1 spiro atoms. The highest BCUT2D eigenvalue weighted by Crippen LogP contribution is 2.31. The van der Waals surface area contributed by atoms with Gasteiger partial charge in [0.15, 0.2) is 0 Å². The molecule has 0 bridgehead atoms. The number of carboxylic acids is 2.